The number of ketones is 1. The number of carbonyl (C=O) groups excluding carboxylic acids is 1. The first-order valence-electron chi connectivity index (χ1n) is 7.10. The predicted octanol–water partition coefficient (Wildman–Crippen LogP) is 3.09. The lowest BCUT2D eigenvalue weighted by Crippen LogP contribution is -2.41. The quantitative estimate of drug-likeness (QED) is 0.847. The minimum atomic E-state index is 0.125. The summed E-state index contributed by atoms with van der Waals surface area (Å²) in [6, 6.07) is 7.04. The van der Waals surface area contributed by atoms with Gasteiger partial charge in [0.25, 0.3) is 0 Å². The van der Waals surface area contributed by atoms with Crippen LogP contribution in [0.25, 0.3) is 0 Å². The fourth-order valence-corrected chi connectivity index (χ4v) is 3.03. The van der Waals surface area contributed by atoms with Gasteiger partial charge in [0.1, 0.15) is 5.75 Å². The summed E-state index contributed by atoms with van der Waals surface area (Å²) in [7, 11) is 2.05. The molecular weight excluding hydrogens is 238 g/mol. The van der Waals surface area contributed by atoms with Crippen LogP contribution in [-0.4, -0.2) is 35.4 Å². The van der Waals surface area contributed by atoms with Gasteiger partial charge < -0.3 is 5.11 Å². The number of phenolic OH excluding ortho intramolecular Hbond substituents is 1. The molecule has 0 spiro atoms. The molecule has 2 atom stereocenters. The van der Waals surface area contributed by atoms with Gasteiger partial charge in [-0.3, -0.25) is 9.69 Å². The number of rotatable bonds is 4. The number of nitrogens with zero attached hydrogens (tertiary/aromatic N) is 1. The van der Waals surface area contributed by atoms with Crippen molar-refractivity contribution >= 4 is 5.78 Å². The van der Waals surface area contributed by atoms with E-state index < -0.39 is 0 Å². The van der Waals surface area contributed by atoms with Gasteiger partial charge in [0.05, 0.1) is 6.54 Å². The Labute approximate surface area is 115 Å². The molecule has 0 amide bonds. The average molecular weight is 261 g/mol. The van der Waals surface area contributed by atoms with Crippen molar-refractivity contribution in [3.05, 3.63) is 29.8 Å². The van der Waals surface area contributed by atoms with Gasteiger partial charge in [0.2, 0.25) is 0 Å². The first kappa shape index (κ1) is 14.1. The van der Waals surface area contributed by atoms with E-state index >= 15 is 0 Å². The summed E-state index contributed by atoms with van der Waals surface area (Å²) in [6.07, 6.45) is 5.05. The number of hydrogen-bond donors (Lipinski definition) is 1. The number of phenols is 1. The van der Waals surface area contributed by atoms with Gasteiger partial charge in [-0.15, -0.1) is 0 Å². The molecule has 0 aliphatic heterocycles. The minimum absolute atomic E-state index is 0.125. The SMILES string of the molecule is CC1CCCCC1N(C)CC(=O)c1ccc(O)cc1. The van der Waals surface area contributed by atoms with Crippen molar-refractivity contribution in [2.75, 3.05) is 13.6 Å². The largest absolute Gasteiger partial charge is 0.508 e. The van der Waals surface area contributed by atoms with Crippen molar-refractivity contribution in [1.29, 1.82) is 0 Å². The zero-order valence-electron chi connectivity index (χ0n) is 11.8. The van der Waals surface area contributed by atoms with Crippen molar-refractivity contribution in [3.8, 4) is 5.75 Å². The van der Waals surface area contributed by atoms with Gasteiger partial charge in [-0.1, -0.05) is 19.8 Å². The highest BCUT2D eigenvalue weighted by molar-refractivity contribution is 5.97. The molecule has 1 aromatic carbocycles. The first-order valence-corrected chi connectivity index (χ1v) is 7.10. The van der Waals surface area contributed by atoms with E-state index in [1.807, 2.05) is 7.05 Å². The number of likely N-dealkylation sites (N-methyl/N-ethyl adjacent to an activating group) is 1. The standard InChI is InChI=1S/C16H23NO2/c1-12-5-3-4-6-15(12)17(2)11-16(19)13-7-9-14(18)10-8-13/h7-10,12,15,18H,3-6,11H2,1-2H3. The normalized spacial score (nSPS) is 23.5. The third-order valence-corrected chi connectivity index (χ3v) is 4.21. The molecule has 1 saturated carbocycles. The fourth-order valence-electron chi connectivity index (χ4n) is 3.03. The topological polar surface area (TPSA) is 40.5 Å². The lowest BCUT2D eigenvalue weighted by molar-refractivity contribution is 0.0851. The van der Waals surface area contributed by atoms with Gasteiger partial charge >= 0.3 is 0 Å². The van der Waals surface area contributed by atoms with Crippen LogP contribution in [0.5, 0.6) is 5.75 Å². The maximum absolute atomic E-state index is 12.2. The summed E-state index contributed by atoms with van der Waals surface area (Å²) in [5.74, 6) is 0.998. The Kier molecular flexibility index (Phi) is 4.59. The number of aromatic hydroxyl groups is 1. The Morgan fingerprint density at radius 2 is 1.89 bits per heavy atom. The second-order valence-corrected chi connectivity index (χ2v) is 5.71. The Balaban J connectivity index is 1.96. The summed E-state index contributed by atoms with van der Waals surface area (Å²) < 4.78 is 0. The summed E-state index contributed by atoms with van der Waals surface area (Å²) in [4.78, 5) is 14.4. The van der Waals surface area contributed by atoms with Gasteiger partial charge in [-0.25, -0.2) is 0 Å². The highest BCUT2D eigenvalue weighted by Crippen LogP contribution is 2.27. The van der Waals surface area contributed by atoms with E-state index in [0.717, 1.165) is 0 Å². The number of hydrogen-bond acceptors (Lipinski definition) is 3. The molecule has 3 nitrogen and oxygen atoms in total. The number of benzene rings is 1. The molecule has 1 aliphatic carbocycles. The molecule has 1 aliphatic rings. The van der Waals surface area contributed by atoms with E-state index in [9.17, 15) is 9.90 Å². The van der Waals surface area contributed by atoms with Crippen molar-refractivity contribution < 1.29 is 9.90 Å². The van der Waals surface area contributed by atoms with E-state index in [0.29, 0.717) is 24.1 Å². The molecular formula is C16H23NO2. The molecule has 3 heteroatoms. The van der Waals surface area contributed by atoms with Gasteiger partial charge in [0.15, 0.2) is 5.78 Å². The summed E-state index contributed by atoms with van der Waals surface area (Å²) in [6.45, 7) is 2.74. The van der Waals surface area contributed by atoms with Crippen LogP contribution < -0.4 is 0 Å². The predicted molar refractivity (Wildman–Crippen MR) is 76.5 cm³/mol. The van der Waals surface area contributed by atoms with E-state index in [1.165, 1.54) is 25.7 Å². The van der Waals surface area contributed by atoms with Crippen LogP contribution in [0.2, 0.25) is 0 Å². The van der Waals surface area contributed by atoms with E-state index in [-0.39, 0.29) is 11.5 Å². The van der Waals surface area contributed by atoms with Gasteiger partial charge in [0, 0.05) is 11.6 Å². The molecule has 0 heterocycles. The summed E-state index contributed by atoms with van der Waals surface area (Å²) >= 11 is 0. The Morgan fingerprint density at radius 1 is 1.26 bits per heavy atom. The van der Waals surface area contributed by atoms with Crippen molar-refractivity contribution in [2.45, 2.75) is 38.6 Å². The molecule has 0 bridgehead atoms. The molecule has 0 saturated heterocycles. The summed E-state index contributed by atoms with van der Waals surface area (Å²) in [5.41, 5.74) is 0.674. The smallest absolute Gasteiger partial charge is 0.176 e. The van der Waals surface area contributed by atoms with E-state index in [4.69, 9.17) is 0 Å². The first-order chi connectivity index (χ1) is 9.08. The van der Waals surface area contributed by atoms with Crippen LogP contribution >= 0.6 is 0 Å². The number of Topliss-reactive ketones (excluding diaryl/α,β-unsaturated/α-hetero) is 1. The molecule has 19 heavy (non-hydrogen) atoms. The van der Waals surface area contributed by atoms with Crippen LogP contribution in [0.3, 0.4) is 0 Å². The van der Waals surface area contributed by atoms with E-state index in [1.54, 1.807) is 24.3 Å². The van der Waals surface area contributed by atoms with Crippen molar-refractivity contribution in [1.82, 2.24) is 4.90 Å². The average Bonchev–Trinajstić information content (AvgIpc) is 2.39. The van der Waals surface area contributed by atoms with E-state index in [2.05, 4.69) is 11.8 Å². The van der Waals surface area contributed by atoms with Gasteiger partial charge in [-0.05, 0) is 50.1 Å². The van der Waals surface area contributed by atoms with Crippen molar-refractivity contribution in [2.24, 2.45) is 5.92 Å². The van der Waals surface area contributed by atoms with Crippen LogP contribution in [0.1, 0.15) is 43.0 Å². The van der Waals surface area contributed by atoms with Crippen LogP contribution in [-0.2, 0) is 0 Å². The zero-order valence-corrected chi connectivity index (χ0v) is 11.8. The lowest BCUT2D eigenvalue weighted by atomic mass is 9.85. The maximum atomic E-state index is 12.2. The molecule has 1 fully saturated rings. The molecule has 1 aromatic rings. The Morgan fingerprint density at radius 3 is 2.53 bits per heavy atom. The molecule has 0 aromatic heterocycles. The molecule has 104 valence electrons. The van der Waals surface area contributed by atoms with Gasteiger partial charge in [-0.2, -0.15) is 0 Å². The second kappa shape index (κ2) is 6.20. The molecule has 0 radical (unpaired) electrons. The zero-order chi connectivity index (χ0) is 13.8. The maximum Gasteiger partial charge on any atom is 0.176 e. The monoisotopic (exact) mass is 261 g/mol. The Hall–Kier alpha value is -1.35. The summed E-state index contributed by atoms with van der Waals surface area (Å²) in [5, 5.41) is 9.24. The highest BCUT2D eigenvalue weighted by atomic mass is 16.3. The lowest BCUT2D eigenvalue weighted by Gasteiger charge is -2.35. The minimum Gasteiger partial charge on any atom is -0.508 e. The fraction of sp³-hybridized carbons (Fsp3) is 0.562. The number of carbonyl (C=O) groups is 1. The van der Waals surface area contributed by atoms with Crippen molar-refractivity contribution in [3.63, 3.8) is 0 Å². The highest BCUT2D eigenvalue weighted by Gasteiger charge is 2.26. The Bertz CT molecular complexity index is 427. The molecule has 2 unspecified atom stereocenters. The third-order valence-electron chi connectivity index (χ3n) is 4.21. The second-order valence-electron chi connectivity index (χ2n) is 5.71. The van der Waals surface area contributed by atoms with Crippen LogP contribution in [0, 0.1) is 5.92 Å². The van der Waals surface area contributed by atoms with Crippen LogP contribution in [0.15, 0.2) is 24.3 Å². The third kappa shape index (κ3) is 3.57. The molecule has 2 rings (SSSR count). The molecule has 1 N–H and O–H groups in total. The van der Waals surface area contributed by atoms with Crippen LogP contribution in [0.4, 0.5) is 0 Å².